The maximum Gasteiger partial charge on any atom is 0.263 e. The van der Waals surface area contributed by atoms with Crippen molar-refractivity contribution < 1.29 is 9.53 Å². The first-order chi connectivity index (χ1) is 8.66. The SMILES string of the molecule is C[C@H]1CCCN(C(=O)[C@@H](C)Oc2ccccc2)C1. The van der Waals surface area contributed by atoms with Gasteiger partial charge in [0.2, 0.25) is 0 Å². The minimum atomic E-state index is -0.405. The number of amides is 1. The zero-order valence-electron chi connectivity index (χ0n) is 11.1. The van der Waals surface area contributed by atoms with Crippen LogP contribution >= 0.6 is 0 Å². The largest absolute Gasteiger partial charge is 0.481 e. The molecule has 1 heterocycles. The summed E-state index contributed by atoms with van der Waals surface area (Å²) in [5.74, 6) is 1.46. The number of nitrogens with zero attached hydrogens (tertiary/aromatic N) is 1. The first kappa shape index (κ1) is 12.9. The number of para-hydroxylation sites is 1. The lowest BCUT2D eigenvalue weighted by atomic mass is 10.00. The standard InChI is InChI=1S/C15H21NO2/c1-12-7-6-10-16(11-12)15(17)13(2)18-14-8-4-3-5-9-14/h3-5,8-9,12-13H,6-7,10-11H2,1-2H3/t12-,13+/m0/s1. The summed E-state index contributed by atoms with van der Waals surface area (Å²) in [4.78, 5) is 14.2. The molecule has 0 saturated carbocycles. The molecule has 2 rings (SSSR count). The lowest BCUT2D eigenvalue weighted by Gasteiger charge is -2.32. The Kier molecular flexibility index (Phi) is 4.24. The van der Waals surface area contributed by atoms with E-state index in [1.165, 1.54) is 6.42 Å². The van der Waals surface area contributed by atoms with Crippen LogP contribution in [-0.2, 0) is 4.79 Å². The molecule has 0 unspecified atom stereocenters. The predicted molar refractivity (Wildman–Crippen MR) is 71.5 cm³/mol. The Bertz CT molecular complexity index is 391. The van der Waals surface area contributed by atoms with E-state index in [4.69, 9.17) is 4.74 Å². The van der Waals surface area contributed by atoms with E-state index in [9.17, 15) is 4.79 Å². The number of ether oxygens (including phenoxy) is 1. The van der Waals surface area contributed by atoms with Crippen molar-refractivity contribution in [2.75, 3.05) is 13.1 Å². The van der Waals surface area contributed by atoms with Gasteiger partial charge >= 0.3 is 0 Å². The number of benzene rings is 1. The maximum absolute atomic E-state index is 12.2. The first-order valence-corrected chi connectivity index (χ1v) is 6.67. The summed E-state index contributed by atoms with van der Waals surface area (Å²) in [6, 6.07) is 9.52. The van der Waals surface area contributed by atoms with Gasteiger partial charge in [-0.3, -0.25) is 4.79 Å². The van der Waals surface area contributed by atoms with Crippen molar-refractivity contribution in [3.05, 3.63) is 30.3 Å². The number of carbonyl (C=O) groups excluding carboxylic acids is 1. The summed E-state index contributed by atoms with van der Waals surface area (Å²) in [7, 11) is 0. The second-order valence-corrected chi connectivity index (χ2v) is 5.10. The van der Waals surface area contributed by atoms with Crippen LogP contribution in [-0.4, -0.2) is 30.0 Å². The molecule has 1 amide bonds. The molecule has 1 saturated heterocycles. The monoisotopic (exact) mass is 247 g/mol. The van der Waals surface area contributed by atoms with Crippen molar-refractivity contribution in [3.8, 4) is 5.75 Å². The highest BCUT2D eigenvalue weighted by atomic mass is 16.5. The van der Waals surface area contributed by atoms with Gasteiger partial charge in [0.25, 0.3) is 5.91 Å². The zero-order chi connectivity index (χ0) is 13.0. The zero-order valence-corrected chi connectivity index (χ0v) is 11.1. The molecule has 1 fully saturated rings. The van der Waals surface area contributed by atoms with Crippen LogP contribution in [0.25, 0.3) is 0 Å². The average Bonchev–Trinajstić information content (AvgIpc) is 2.39. The minimum absolute atomic E-state index is 0.102. The van der Waals surface area contributed by atoms with Gasteiger partial charge in [-0.15, -0.1) is 0 Å². The Balaban J connectivity index is 1.92. The summed E-state index contributed by atoms with van der Waals surface area (Å²) in [5, 5.41) is 0. The van der Waals surface area contributed by atoms with E-state index < -0.39 is 6.10 Å². The fourth-order valence-corrected chi connectivity index (χ4v) is 2.40. The van der Waals surface area contributed by atoms with Gasteiger partial charge < -0.3 is 9.64 Å². The molecule has 0 aromatic heterocycles. The molecule has 1 aromatic carbocycles. The van der Waals surface area contributed by atoms with Gasteiger partial charge in [-0.25, -0.2) is 0 Å². The molecule has 0 N–H and O–H groups in total. The van der Waals surface area contributed by atoms with Crippen molar-refractivity contribution in [1.82, 2.24) is 4.90 Å². The quantitative estimate of drug-likeness (QED) is 0.822. The fraction of sp³-hybridized carbons (Fsp3) is 0.533. The third kappa shape index (κ3) is 3.25. The van der Waals surface area contributed by atoms with Crippen molar-refractivity contribution >= 4 is 5.91 Å². The minimum Gasteiger partial charge on any atom is -0.481 e. The lowest BCUT2D eigenvalue weighted by Crippen LogP contribution is -2.45. The summed E-state index contributed by atoms with van der Waals surface area (Å²) < 4.78 is 5.67. The van der Waals surface area contributed by atoms with E-state index in [1.807, 2.05) is 42.2 Å². The third-order valence-electron chi connectivity index (χ3n) is 3.37. The topological polar surface area (TPSA) is 29.5 Å². The van der Waals surface area contributed by atoms with E-state index in [2.05, 4.69) is 6.92 Å². The number of carbonyl (C=O) groups is 1. The van der Waals surface area contributed by atoms with Crippen LogP contribution in [0.15, 0.2) is 30.3 Å². The highest BCUT2D eigenvalue weighted by Gasteiger charge is 2.25. The normalized spacial score (nSPS) is 21.4. The van der Waals surface area contributed by atoms with Gasteiger partial charge in [-0.1, -0.05) is 25.1 Å². The fourth-order valence-electron chi connectivity index (χ4n) is 2.40. The molecule has 1 aliphatic rings. The van der Waals surface area contributed by atoms with Crippen molar-refractivity contribution in [1.29, 1.82) is 0 Å². The van der Waals surface area contributed by atoms with E-state index in [0.717, 1.165) is 25.3 Å². The van der Waals surface area contributed by atoms with Gasteiger partial charge in [0.05, 0.1) is 0 Å². The number of rotatable bonds is 3. The van der Waals surface area contributed by atoms with Crippen LogP contribution in [0.4, 0.5) is 0 Å². The van der Waals surface area contributed by atoms with Crippen LogP contribution in [0, 0.1) is 5.92 Å². The molecule has 3 nitrogen and oxygen atoms in total. The number of hydrogen-bond donors (Lipinski definition) is 0. The Labute approximate surface area is 109 Å². The number of piperidine rings is 1. The van der Waals surface area contributed by atoms with Gasteiger partial charge in [0, 0.05) is 13.1 Å². The molecule has 1 aromatic rings. The summed E-state index contributed by atoms with van der Waals surface area (Å²) >= 11 is 0. The number of hydrogen-bond acceptors (Lipinski definition) is 2. The van der Waals surface area contributed by atoms with E-state index in [-0.39, 0.29) is 5.91 Å². The van der Waals surface area contributed by atoms with Gasteiger partial charge in [0.1, 0.15) is 5.75 Å². The Morgan fingerprint density at radius 1 is 1.39 bits per heavy atom. The summed E-state index contributed by atoms with van der Waals surface area (Å²) in [5.41, 5.74) is 0. The van der Waals surface area contributed by atoms with E-state index >= 15 is 0 Å². The smallest absolute Gasteiger partial charge is 0.263 e. The predicted octanol–water partition coefficient (Wildman–Crippen LogP) is 2.71. The molecular formula is C15H21NO2. The van der Waals surface area contributed by atoms with Crippen molar-refractivity contribution in [2.45, 2.75) is 32.8 Å². The van der Waals surface area contributed by atoms with Crippen LogP contribution < -0.4 is 4.74 Å². The van der Waals surface area contributed by atoms with Gasteiger partial charge in [0.15, 0.2) is 6.10 Å². The molecule has 18 heavy (non-hydrogen) atoms. The third-order valence-corrected chi connectivity index (χ3v) is 3.37. The highest BCUT2D eigenvalue weighted by Crippen LogP contribution is 2.18. The maximum atomic E-state index is 12.2. The molecule has 0 spiro atoms. The van der Waals surface area contributed by atoms with Crippen LogP contribution in [0.3, 0.4) is 0 Å². The Morgan fingerprint density at radius 2 is 2.11 bits per heavy atom. The summed E-state index contributed by atoms with van der Waals surface area (Å²) in [6.07, 6.45) is 1.92. The second-order valence-electron chi connectivity index (χ2n) is 5.10. The average molecular weight is 247 g/mol. The molecule has 1 aliphatic heterocycles. The van der Waals surface area contributed by atoms with E-state index in [1.54, 1.807) is 0 Å². The molecule has 2 atom stereocenters. The molecule has 0 aliphatic carbocycles. The molecular weight excluding hydrogens is 226 g/mol. The molecule has 0 radical (unpaired) electrons. The highest BCUT2D eigenvalue weighted by molar-refractivity contribution is 5.81. The second kappa shape index (κ2) is 5.89. The van der Waals surface area contributed by atoms with Gasteiger partial charge in [-0.05, 0) is 37.8 Å². The molecule has 98 valence electrons. The lowest BCUT2D eigenvalue weighted by molar-refractivity contribution is -0.139. The summed E-state index contributed by atoms with van der Waals surface area (Å²) in [6.45, 7) is 5.75. The number of likely N-dealkylation sites (tertiary alicyclic amines) is 1. The Hall–Kier alpha value is -1.51. The molecule has 3 heteroatoms. The van der Waals surface area contributed by atoms with Crippen LogP contribution in [0.5, 0.6) is 5.75 Å². The molecule has 0 bridgehead atoms. The van der Waals surface area contributed by atoms with Crippen molar-refractivity contribution in [2.24, 2.45) is 5.92 Å². The Morgan fingerprint density at radius 3 is 2.78 bits per heavy atom. The van der Waals surface area contributed by atoms with Gasteiger partial charge in [-0.2, -0.15) is 0 Å². The van der Waals surface area contributed by atoms with Crippen LogP contribution in [0.1, 0.15) is 26.7 Å². The van der Waals surface area contributed by atoms with E-state index in [0.29, 0.717) is 5.92 Å². The van der Waals surface area contributed by atoms with Crippen LogP contribution in [0.2, 0.25) is 0 Å². The first-order valence-electron chi connectivity index (χ1n) is 6.67. The van der Waals surface area contributed by atoms with Crippen molar-refractivity contribution in [3.63, 3.8) is 0 Å².